The zero-order valence-electron chi connectivity index (χ0n) is 14.7. The molecule has 0 fully saturated rings. The maximum Gasteiger partial charge on any atom is 0.251 e. The minimum absolute atomic E-state index is 0.133. The summed E-state index contributed by atoms with van der Waals surface area (Å²) in [5.74, 6) is -0.596. The number of anilines is 1. The van der Waals surface area contributed by atoms with Crippen molar-refractivity contribution in [2.24, 2.45) is 0 Å². The molecule has 24 heavy (non-hydrogen) atoms. The van der Waals surface area contributed by atoms with Crippen molar-refractivity contribution in [3.05, 3.63) is 42.5 Å². The summed E-state index contributed by atoms with van der Waals surface area (Å²) in [4.78, 5) is 36.7. The number of hydrogen-bond donors (Lipinski definition) is 2. The normalized spacial score (nSPS) is 10.7. The lowest BCUT2D eigenvalue weighted by atomic mass is 10.1. The fourth-order valence-corrected chi connectivity index (χ4v) is 1.93. The molecule has 1 rings (SSSR count). The van der Waals surface area contributed by atoms with Gasteiger partial charge in [0.15, 0.2) is 0 Å². The van der Waals surface area contributed by atoms with Gasteiger partial charge in [-0.25, -0.2) is 0 Å². The van der Waals surface area contributed by atoms with Gasteiger partial charge in [-0.3, -0.25) is 14.4 Å². The molecule has 0 saturated heterocycles. The van der Waals surface area contributed by atoms with E-state index >= 15 is 0 Å². The van der Waals surface area contributed by atoms with Crippen LogP contribution in [0.2, 0.25) is 0 Å². The molecule has 130 valence electrons. The molecular weight excluding hydrogens is 306 g/mol. The van der Waals surface area contributed by atoms with Gasteiger partial charge >= 0.3 is 0 Å². The number of amides is 3. The van der Waals surface area contributed by atoms with E-state index in [0.29, 0.717) is 11.3 Å². The third kappa shape index (κ3) is 6.24. The van der Waals surface area contributed by atoms with Crippen LogP contribution < -0.4 is 15.5 Å². The third-order valence-corrected chi connectivity index (χ3v) is 3.20. The van der Waals surface area contributed by atoms with Crippen LogP contribution in [0.15, 0.2) is 36.9 Å². The van der Waals surface area contributed by atoms with Crippen molar-refractivity contribution in [2.45, 2.75) is 32.7 Å². The van der Waals surface area contributed by atoms with Gasteiger partial charge in [-0.15, -0.1) is 0 Å². The lowest BCUT2D eigenvalue weighted by Crippen LogP contribution is -2.40. The van der Waals surface area contributed by atoms with Gasteiger partial charge in [0, 0.05) is 36.8 Å². The van der Waals surface area contributed by atoms with E-state index in [-0.39, 0.29) is 36.2 Å². The topological polar surface area (TPSA) is 78.5 Å². The molecule has 0 bridgehead atoms. The summed E-state index contributed by atoms with van der Waals surface area (Å²) < 4.78 is 0. The van der Waals surface area contributed by atoms with E-state index in [2.05, 4.69) is 17.2 Å². The van der Waals surface area contributed by atoms with Gasteiger partial charge in [-0.05, 0) is 51.1 Å². The molecule has 1 aromatic carbocycles. The maximum absolute atomic E-state index is 12.1. The van der Waals surface area contributed by atoms with Crippen molar-refractivity contribution in [3.63, 3.8) is 0 Å². The first-order chi connectivity index (χ1) is 11.1. The van der Waals surface area contributed by atoms with E-state index in [9.17, 15) is 14.4 Å². The third-order valence-electron chi connectivity index (χ3n) is 3.20. The average Bonchev–Trinajstić information content (AvgIpc) is 2.52. The van der Waals surface area contributed by atoms with E-state index in [1.54, 1.807) is 31.3 Å². The largest absolute Gasteiger partial charge is 0.352 e. The summed E-state index contributed by atoms with van der Waals surface area (Å²) in [6.45, 7) is 9.34. The molecule has 3 amide bonds. The second-order valence-electron chi connectivity index (χ2n) is 6.45. The summed E-state index contributed by atoms with van der Waals surface area (Å²) in [5.41, 5.74) is 0.911. The lowest BCUT2D eigenvalue weighted by Gasteiger charge is -2.21. The van der Waals surface area contributed by atoms with Crippen molar-refractivity contribution < 1.29 is 14.4 Å². The van der Waals surface area contributed by atoms with Gasteiger partial charge in [0.1, 0.15) is 0 Å². The predicted octanol–water partition coefficient (Wildman–Crippen LogP) is 1.87. The van der Waals surface area contributed by atoms with Crippen molar-refractivity contribution in [1.82, 2.24) is 10.6 Å². The molecule has 0 heterocycles. The molecule has 0 atom stereocenters. The summed E-state index contributed by atoms with van der Waals surface area (Å²) in [6, 6.07) is 6.80. The van der Waals surface area contributed by atoms with Crippen molar-refractivity contribution in [1.29, 1.82) is 0 Å². The minimum atomic E-state index is -0.307. The zero-order chi connectivity index (χ0) is 18.3. The van der Waals surface area contributed by atoms with Crippen LogP contribution in [-0.4, -0.2) is 36.9 Å². The molecule has 1 aromatic rings. The summed E-state index contributed by atoms with van der Waals surface area (Å²) in [7, 11) is 1.65. The van der Waals surface area contributed by atoms with E-state index in [4.69, 9.17) is 0 Å². The van der Waals surface area contributed by atoms with E-state index < -0.39 is 0 Å². The van der Waals surface area contributed by atoms with Gasteiger partial charge in [-0.1, -0.05) is 6.58 Å². The summed E-state index contributed by atoms with van der Waals surface area (Å²) in [5, 5.41) is 5.44. The van der Waals surface area contributed by atoms with Crippen molar-refractivity contribution >= 4 is 23.4 Å². The summed E-state index contributed by atoms with van der Waals surface area (Å²) >= 11 is 0. The van der Waals surface area contributed by atoms with Gasteiger partial charge in [0.2, 0.25) is 11.8 Å². The molecule has 6 heteroatoms. The quantitative estimate of drug-likeness (QED) is 0.781. The Morgan fingerprint density at radius 3 is 2.25 bits per heavy atom. The van der Waals surface area contributed by atoms with Crippen molar-refractivity contribution in [2.75, 3.05) is 18.5 Å². The highest BCUT2D eigenvalue weighted by atomic mass is 16.2. The number of benzene rings is 1. The molecule has 0 aromatic heterocycles. The van der Waals surface area contributed by atoms with Gasteiger partial charge in [0.25, 0.3) is 5.91 Å². The Labute approximate surface area is 142 Å². The fraction of sp³-hybridized carbons (Fsp3) is 0.389. The number of hydrogen-bond acceptors (Lipinski definition) is 3. The fourth-order valence-electron chi connectivity index (χ4n) is 1.93. The molecule has 2 N–H and O–H groups in total. The predicted molar refractivity (Wildman–Crippen MR) is 94.9 cm³/mol. The molecule has 0 spiro atoms. The highest BCUT2D eigenvalue weighted by Gasteiger charge is 2.16. The van der Waals surface area contributed by atoms with Gasteiger partial charge in [0.05, 0.1) is 0 Å². The van der Waals surface area contributed by atoms with Crippen LogP contribution in [0.25, 0.3) is 0 Å². The Kier molecular flexibility index (Phi) is 6.70. The second kappa shape index (κ2) is 8.29. The Hall–Kier alpha value is -2.63. The maximum atomic E-state index is 12.1. The van der Waals surface area contributed by atoms with Crippen LogP contribution in [-0.2, 0) is 9.59 Å². The van der Waals surface area contributed by atoms with E-state index in [1.807, 2.05) is 20.8 Å². The first kappa shape index (κ1) is 19.4. The minimum Gasteiger partial charge on any atom is -0.352 e. The average molecular weight is 331 g/mol. The van der Waals surface area contributed by atoms with E-state index in [1.165, 1.54) is 4.90 Å². The number of carbonyl (C=O) groups is 3. The molecular formula is C18H25N3O3. The van der Waals surface area contributed by atoms with Crippen LogP contribution in [0, 0.1) is 0 Å². The van der Waals surface area contributed by atoms with Crippen LogP contribution >= 0.6 is 0 Å². The van der Waals surface area contributed by atoms with Crippen LogP contribution in [0.4, 0.5) is 5.69 Å². The molecule has 0 aliphatic carbocycles. The lowest BCUT2D eigenvalue weighted by molar-refractivity contribution is -0.118. The molecule has 6 nitrogen and oxygen atoms in total. The molecule has 0 saturated carbocycles. The Bertz CT molecular complexity index is 615. The van der Waals surface area contributed by atoms with Gasteiger partial charge in [-0.2, -0.15) is 0 Å². The highest BCUT2D eigenvalue weighted by Crippen LogP contribution is 2.15. The Morgan fingerprint density at radius 2 is 1.75 bits per heavy atom. The number of nitrogens with zero attached hydrogens (tertiary/aromatic N) is 1. The first-order valence-corrected chi connectivity index (χ1v) is 7.73. The zero-order valence-corrected chi connectivity index (χ0v) is 14.7. The second-order valence-corrected chi connectivity index (χ2v) is 6.45. The van der Waals surface area contributed by atoms with Crippen LogP contribution in [0.5, 0.6) is 0 Å². The van der Waals surface area contributed by atoms with Gasteiger partial charge < -0.3 is 15.5 Å². The standard InChI is InChI=1S/C18H25N3O3/c1-6-15(22)19-12-11-16(23)21(5)14-9-7-13(8-10-14)17(24)20-18(2,3)4/h6-10H,1,11-12H2,2-5H3,(H,19,22)(H,20,24). The van der Waals surface area contributed by atoms with E-state index in [0.717, 1.165) is 6.08 Å². The summed E-state index contributed by atoms with van der Waals surface area (Å²) in [6.07, 6.45) is 1.35. The number of carbonyl (C=O) groups excluding carboxylic acids is 3. The first-order valence-electron chi connectivity index (χ1n) is 7.73. The highest BCUT2D eigenvalue weighted by molar-refractivity contribution is 5.97. The SMILES string of the molecule is C=CC(=O)NCCC(=O)N(C)c1ccc(C(=O)NC(C)(C)C)cc1. The van der Waals surface area contributed by atoms with Crippen LogP contribution in [0.3, 0.4) is 0 Å². The van der Waals surface area contributed by atoms with Crippen LogP contribution in [0.1, 0.15) is 37.6 Å². The Morgan fingerprint density at radius 1 is 1.17 bits per heavy atom. The number of rotatable bonds is 6. The molecule has 0 aliphatic heterocycles. The number of nitrogens with one attached hydrogen (secondary N) is 2. The smallest absolute Gasteiger partial charge is 0.251 e. The molecule has 0 aliphatic rings. The molecule has 0 unspecified atom stereocenters. The Balaban J connectivity index is 2.64. The van der Waals surface area contributed by atoms with Crippen molar-refractivity contribution in [3.8, 4) is 0 Å². The molecule has 0 radical (unpaired) electrons. The monoisotopic (exact) mass is 331 g/mol.